The van der Waals surface area contributed by atoms with Crippen molar-refractivity contribution in [3.8, 4) is 5.06 Å². The quantitative estimate of drug-likeness (QED) is 0.644. The van der Waals surface area contributed by atoms with Crippen LogP contribution in [-0.2, 0) is 23.0 Å². The Morgan fingerprint density at radius 3 is 2.76 bits per heavy atom. The topological polar surface area (TPSA) is 49.9 Å². The summed E-state index contributed by atoms with van der Waals surface area (Å²) in [5.74, 6) is 0.242. The van der Waals surface area contributed by atoms with Crippen LogP contribution in [0.2, 0.25) is 0 Å². The van der Waals surface area contributed by atoms with E-state index in [2.05, 4.69) is 11.0 Å². The van der Waals surface area contributed by atoms with Gasteiger partial charge in [-0.25, -0.2) is 8.42 Å². The van der Waals surface area contributed by atoms with Crippen LogP contribution in [0.5, 0.6) is 5.06 Å². The molecular weight excluding hydrogens is 356 g/mol. The lowest BCUT2D eigenvalue weighted by Crippen LogP contribution is -2.36. The third-order valence-electron chi connectivity index (χ3n) is 4.98. The molecule has 2 aliphatic rings. The van der Waals surface area contributed by atoms with Crippen molar-refractivity contribution in [2.45, 2.75) is 52.0 Å². The van der Waals surface area contributed by atoms with Gasteiger partial charge in [0.05, 0.1) is 12.4 Å². The van der Waals surface area contributed by atoms with E-state index in [4.69, 9.17) is 4.74 Å². The Labute approximate surface area is 156 Å². The normalized spacial score (nSPS) is 19.7. The molecule has 1 saturated heterocycles. The summed E-state index contributed by atoms with van der Waals surface area (Å²) in [4.78, 5) is 3.82. The van der Waals surface area contributed by atoms with E-state index in [1.807, 2.05) is 6.92 Å². The molecule has 1 aromatic heterocycles. The van der Waals surface area contributed by atoms with Gasteiger partial charge in [-0.3, -0.25) is 0 Å². The molecule has 3 heterocycles. The van der Waals surface area contributed by atoms with Crippen molar-refractivity contribution in [3.63, 3.8) is 0 Å². The molecule has 1 fully saturated rings. The number of likely N-dealkylation sites (tertiary alicyclic amines) is 1. The Hall–Kier alpha value is -0.630. The molecule has 0 bridgehead atoms. The second-order valence-electron chi connectivity index (χ2n) is 7.02. The van der Waals surface area contributed by atoms with Crippen molar-refractivity contribution < 1.29 is 13.2 Å². The Kier molecular flexibility index (Phi) is 6.77. The molecule has 0 amide bonds. The van der Waals surface area contributed by atoms with Gasteiger partial charge >= 0.3 is 0 Å². The molecule has 1 aromatic rings. The van der Waals surface area contributed by atoms with Crippen LogP contribution in [0, 0.1) is 0 Å². The Bertz CT molecular complexity index is 651. The number of sulfonamides is 1. The van der Waals surface area contributed by atoms with Gasteiger partial charge in [-0.2, -0.15) is 4.31 Å². The van der Waals surface area contributed by atoms with E-state index in [0.717, 1.165) is 36.6 Å². The summed E-state index contributed by atoms with van der Waals surface area (Å²) in [5, 5.41) is 0.943. The largest absolute Gasteiger partial charge is 0.484 e. The first-order valence-electron chi connectivity index (χ1n) is 9.53. The Balaban J connectivity index is 1.47. The molecule has 25 heavy (non-hydrogen) atoms. The van der Waals surface area contributed by atoms with Gasteiger partial charge in [0.25, 0.3) is 0 Å². The lowest BCUT2D eigenvalue weighted by atomic mass is 10.1. The summed E-state index contributed by atoms with van der Waals surface area (Å²) in [5.41, 5.74) is 1.13. The molecule has 3 rings (SSSR count). The summed E-state index contributed by atoms with van der Waals surface area (Å²) < 4.78 is 32.1. The van der Waals surface area contributed by atoms with Crippen LogP contribution in [0.1, 0.15) is 49.5 Å². The zero-order chi connectivity index (χ0) is 17.7. The smallest absolute Gasteiger partial charge is 0.214 e. The molecule has 2 aliphatic heterocycles. The number of ether oxygens (including phenoxy) is 1. The maximum atomic E-state index is 12.3. The number of thiophene rings is 1. The van der Waals surface area contributed by atoms with Crippen molar-refractivity contribution in [2.75, 3.05) is 38.5 Å². The van der Waals surface area contributed by atoms with Gasteiger partial charge in [0.1, 0.15) is 0 Å². The molecule has 0 saturated carbocycles. The van der Waals surface area contributed by atoms with Crippen LogP contribution in [0.3, 0.4) is 0 Å². The van der Waals surface area contributed by atoms with Crippen molar-refractivity contribution in [1.29, 1.82) is 0 Å². The minimum absolute atomic E-state index is 0.242. The van der Waals surface area contributed by atoms with Gasteiger partial charge in [0.2, 0.25) is 10.0 Å². The average molecular weight is 387 g/mol. The number of hydrogen-bond donors (Lipinski definition) is 0. The van der Waals surface area contributed by atoms with Gasteiger partial charge in [-0.15, -0.1) is 11.3 Å². The fourth-order valence-corrected chi connectivity index (χ4v) is 6.13. The molecule has 7 heteroatoms. The van der Waals surface area contributed by atoms with Gasteiger partial charge < -0.3 is 9.64 Å². The predicted octanol–water partition coefficient (Wildman–Crippen LogP) is 3.10. The van der Waals surface area contributed by atoms with Crippen LogP contribution < -0.4 is 4.74 Å². The molecular formula is C18H30N2O3S2. The minimum Gasteiger partial charge on any atom is -0.484 e. The molecule has 5 nitrogen and oxygen atoms in total. The van der Waals surface area contributed by atoms with Gasteiger partial charge in [0.15, 0.2) is 5.06 Å². The fourth-order valence-electron chi connectivity index (χ4n) is 3.62. The zero-order valence-electron chi connectivity index (χ0n) is 15.2. The van der Waals surface area contributed by atoms with Crippen LogP contribution >= 0.6 is 11.3 Å². The highest BCUT2D eigenvalue weighted by Gasteiger charge is 2.27. The Morgan fingerprint density at radius 1 is 1.20 bits per heavy atom. The number of fused-ring (bicyclic) bond motifs is 1. The second kappa shape index (κ2) is 8.84. The van der Waals surface area contributed by atoms with E-state index >= 15 is 0 Å². The molecule has 0 unspecified atom stereocenters. The molecule has 0 atom stereocenters. The van der Waals surface area contributed by atoms with Crippen LogP contribution in [-0.4, -0.2) is 56.2 Å². The number of nitrogens with zero attached hydrogens (tertiary/aromatic N) is 2. The van der Waals surface area contributed by atoms with Crippen LogP contribution in [0.15, 0.2) is 6.07 Å². The third-order valence-corrected chi connectivity index (χ3v) is 8.15. The zero-order valence-corrected chi connectivity index (χ0v) is 16.8. The first-order chi connectivity index (χ1) is 12.1. The highest BCUT2D eigenvalue weighted by atomic mass is 32.2. The predicted molar refractivity (Wildman–Crippen MR) is 103 cm³/mol. The average Bonchev–Trinajstić information content (AvgIpc) is 3.01. The van der Waals surface area contributed by atoms with E-state index in [0.29, 0.717) is 19.5 Å². The number of hydrogen-bond acceptors (Lipinski definition) is 5. The van der Waals surface area contributed by atoms with Gasteiger partial charge in [-0.1, -0.05) is 13.3 Å². The highest BCUT2D eigenvalue weighted by molar-refractivity contribution is 7.89. The molecule has 0 N–H and O–H groups in total. The van der Waals surface area contributed by atoms with E-state index in [9.17, 15) is 8.42 Å². The first-order valence-corrected chi connectivity index (χ1v) is 12.0. The first kappa shape index (κ1) is 19.1. The maximum Gasteiger partial charge on any atom is 0.214 e. The highest BCUT2D eigenvalue weighted by Crippen LogP contribution is 2.34. The summed E-state index contributed by atoms with van der Waals surface area (Å²) >= 11 is 1.69. The lowest BCUT2D eigenvalue weighted by molar-refractivity contribution is 0.206. The summed E-state index contributed by atoms with van der Waals surface area (Å²) in [6.07, 6.45) is 6.56. The van der Waals surface area contributed by atoms with Gasteiger partial charge in [0, 0.05) is 24.5 Å². The summed E-state index contributed by atoms with van der Waals surface area (Å²) in [6.45, 7) is 7.34. The second-order valence-corrected chi connectivity index (χ2v) is 10.2. The minimum atomic E-state index is -3.11. The lowest BCUT2D eigenvalue weighted by Gasteiger charge is -2.26. The van der Waals surface area contributed by atoms with Gasteiger partial charge in [-0.05, 0) is 56.8 Å². The van der Waals surface area contributed by atoms with Crippen molar-refractivity contribution in [2.24, 2.45) is 0 Å². The molecule has 0 radical (unpaired) electrons. The standard InChI is InChI=1S/C18H30N2O3S2/c1-2-13-25(21,22)20-11-7-17-16(15-20)14-18(24-17)23-12-6-10-19-8-4-3-5-9-19/h14H,2-13,15H2,1H3. The van der Waals surface area contributed by atoms with Crippen molar-refractivity contribution in [3.05, 3.63) is 16.5 Å². The molecule has 142 valence electrons. The molecule has 0 spiro atoms. The molecule has 0 aliphatic carbocycles. The monoisotopic (exact) mass is 386 g/mol. The summed E-state index contributed by atoms with van der Waals surface area (Å²) in [6, 6.07) is 2.05. The number of rotatable bonds is 8. The molecule has 0 aromatic carbocycles. The van der Waals surface area contributed by atoms with E-state index in [1.165, 1.54) is 37.2 Å². The van der Waals surface area contributed by atoms with Crippen molar-refractivity contribution in [1.82, 2.24) is 9.21 Å². The number of piperidine rings is 1. The Morgan fingerprint density at radius 2 is 2.00 bits per heavy atom. The van der Waals surface area contributed by atoms with Crippen molar-refractivity contribution >= 4 is 21.4 Å². The van der Waals surface area contributed by atoms with Crippen LogP contribution in [0.4, 0.5) is 0 Å². The van der Waals surface area contributed by atoms with E-state index < -0.39 is 10.0 Å². The maximum absolute atomic E-state index is 12.3. The van der Waals surface area contributed by atoms with E-state index in [1.54, 1.807) is 15.6 Å². The fraction of sp³-hybridized carbons (Fsp3) is 0.778. The SMILES string of the molecule is CCCS(=O)(=O)N1CCc2sc(OCCCN3CCCCC3)cc2C1. The third kappa shape index (κ3) is 5.18. The van der Waals surface area contributed by atoms with Crippen LogP contribution in [0.25, 0.3) is 0 Å². The summed E-state index contributed by atoms with van der Waals surface area (Å²) in [7, 11) is -3.11. The van der Waals surface area contributed by atoms with E-state index in [-0.39, 0.29) is 5.75 Å².